The van der Waals surface area contributed by atoms with Crippen LogP contribution in [-0.2, 0) is 11.8 Å². The Balaban J connectivity index is 0.00000207. The van der Waals surface area contributed by atoms with E-state index in [1.165, 1.54) is 104 Å². The molecule has 0 fully saturated rings. The Kier molecular flexibility index (Phi) is 9.39. The molecule has 9 aromatic rings. The lowest BCUT2D eigenvalue weighted by Crippen LogP contribution is -2.22. The first-order valence-electron chi connectivity index (χ1n) is 21.1. The number of nitrogens with zero attached hydrogens (tertiary/aromatic N) is 1. The van der Waals surface area contributed by atoms with Crippen LogP contribution in [0.1, 0.15) is 61.2 Å². The van der Waals surface area contributed by atoms with Gasteiger partial charge in [0, 0.05) is 37.6 Å². The highest BCUT2D eigenvalue weighted by atomic mass is 32.1. The molecular formula is C57H47NS. The number of fused-ring (bicyclic) bond motifs is 7. The van der Waals surface area contributed by atoms with Crippen LogP contribution in [0.25, 0.3) is 59.8 Å². The van der Waals surface area contributed by atoms with Gasteiger partial charge in [-0.2, -0.15) is 0 Å². The lowest BCUT2D eigenvalue weighted by Gasteiger charge is -2.34. The molecule has 0 radical (unpaired) electrons. The quantitative estimate of drug-likeness (QED) is 0.163. The van der Waals surface area contributed by atoms with Gasteiger partial charge in [-0.25, -0.2) is 0 Å². The first-order valence-corrected chi connectivity index (χ1v) is 21.9. The Morgan fingerprint density at radius 1 is 0.458 bits per heavy atom. The van der Waals surface area contributed by atoms with E-state index in [1.807, 2.05) is 25.2 Å². The molecule has 8 aromatic carbocycles. The topological polar surface area (TPSA) is 3.24 Å². The maximum Gasteiger partial charge on any atom is 0.0462 e. The van der Waals surface area contributed by atoms with Crippen LogP contribution in [0.3, 0.4) is 0 Å². The van der Waals surface area contributed by atoms with Gasteiger partial charge in [-0.15, -0.1) is 11.3 Å². The molecule has 2 heteroatoms. The monoisotopic (exact) mass is 777 g/mol. The van der Waals surface area contributed by atoms with Crippen LogP contribution in [0.2, 0.25) is 0 Å². The van der Waals surface area contributed by atoms with Crippen molar-refractivity contribution in [2.45, 2.75) is 46.0 Å². The molecule has 0 atom stereocenters. The van der Waals surface area contributed by atoms with Crippen LogP contribution < -0.4 is 4.90 Å². The van der Waals surface area contributed by atoms with Gasteiger partial charge in [0.1, 0.15) is 0 Å². The van der Waals surface area contributed by atoms with Gasteiger partial charge < -0.3 is 4.90 Å². The summed E-state index contributed by atoms with van der Waals surface area (Å²) in [6, 6.07) is 69.8. The summed E-state index contributed by atoms with van der Waals surface area (Å²) in [5.41, 5.74) is 18.1. The van der Waals surface area contributed by atoms with E-state index in [2.05, 4.69) is 207 Å². The highest BCUT2D eigenvalue weighted by molar-refractivity contribution is 7.20. The van der Waals surface area contributed by atoms with Crippen LogP contribution in [0.15, 0.2) is 194 Å². The minimum Gasteiger partial charge on any atom is -0.314 e. The summed E-state index contributed by atoms with van der Waals surface area (Å²) < 4.78 is 1.35. The van der Waals surface area contributed by atoms with Crippen LogP contribution in [0.4, 0.5) is 11.4 Å². The molecule has 286 valence electrons. The number of anilines is 2. The molecule has 0 saturated carbocycles. The van der Waals surface area contributed by atoms with Gasteiger partial charge in [0.2, 0.25) is 0 Å². The largest absolute Gasteiger partial charge is 0.314 e. The van der Waals surface area contributed by atoms with E-state index in [-0.39, 0.29) is 5.41 Å². The zero-order chi connectivity index (χ0) is 40.1. The van der Waals surface area contributed by atoms with Crippen molar-refractivity contribution >= 4 is 49.1 Å². The predicted octanol–water partition coefficient (Wildman–Crippen LogP) is 16.3. The fourth-order valence-corrected chi connectivity index (χ4v) is 10.9. The molecule has 2 aliphatic rings. The van der Waals surface area contributed by atoms with E-state index in [0.717, 1.165) is 12.8 Å². The summed E-state index contributed by atoms with van der Waals surface area (Å²) in [5.74, 6) is 0. The second-order valence-corrected chi connectivity index (χ2v) is 17.0. The van der Waals surface area contributed by atoms with Crippen LogP contribution >= 0.6 is 11.3 Å². The van der Waals surface area contributed by atoms with Gasteiger partial charge in [-0.05, 0) is 121 Å². The molecule has 0 unspecified atom stereocenters. The van der Waals surface area contributed by atoms with E-state index in [9.17, 15) is 0 Å². The normalized spacial score (nSPS) is 13.7. The van der Waals surface area contributed by atoms with Crippen LogP contribution in [-0.4, -0.2) is 0 Å². The van der Waals surface area contributed by atoms with Gasteiger partial charge in [-0.1, -0.05) is 179 Å². The summed E-state index contributed by atoms with van der Waals surface area (Å²) in [7, 11) is 0. The zero-order valence-electron chi connectivity index (χ0n) is 34.2. The first kappa shape index (κ1) is 36.8. The predicted molar refractivity (Wildman–Crippen MR) is 255 cm³/mol. The van der Waals surface area contributed by atoms with E-state index in [1.54, 1.807) is 0 Å². The second-order valence-electron chi connectivity index (χ2n) is 16.0. The van der Waals surface area contributed by atoms with Crippen molar-refractivity contribution in [2.75, 3.05) is 4.90 Å². The third-order valence-corrected chi connectivity index (χ3v) is 13.6. The van der Waals surface area contributed by atoms with Gasteiger partial charge in [-0.3, -0.25) is 0 Å². The Morgan fingerprint density at radius 2 is 1.05 bits per heavy atom. The smallest absolute Gasteiger partial charge is 0.0462 e. The van der Waals surface area contributed by atoms with Crippen molar-refractivity contribution in [2.24, 2.45) is 0 Å². The van der Waals surface area contributed by atoms with Gasteiger partial charge in [0.15, 0.2) is 0 Å². The van der Waals surface area contributed by atoms with E-state index >= 15 is 0 Å². The summed E-state index contributed by atoms with van der Waals surface area (Å²) in [6.45, 7) is 8.77. The Morgan fingerprint density at radius 3 is 1.83 bits per heavy atom. The molecular weight excluding hydrogens is 731 g/mol. The Labute approximate surface area is 352 Å². The minimum atomic E-state index is -0.112. The Bertz CT molecular complexity index is 3040. The molecule has 1 nitrogen and oxygen atoms in total. The van der Waals surface area contributed by atoms with Gasteiger partial charge >= 0.3 is 0 Å². The summed E-state index contributed by atoms with van der Waals surface area (Å²) >= 11 is 1.95. The first-order chi connectivity index (χ1) is 29.0. The number of hydrogen-bond acceptors (Lipinski definition) is 2. The number of hydrogen-bond donors (Lipinski definition) is 0. The SMILES string of the molecule is CC.CC1(C)c2ccccc2-c2ccc(N(C3=C(c4ccc5ccccc5c4)c4sc5ccccc5c4CC3)c3ccc(-c4ccccc4-c4ccccc4)cc3)cc21. The third-order valence-electron chi connectivity index (χ3n) is 12.4. The molecule has 11 rings (SSSR count). The molecule has 0 aliphatic heterocycles. The van der Waals surface area contributed by atoms with Crippen molar-refractivity contribution in [1.82, 2.24) is 0 Å². The zero-order valence-corrected chi connectivity index (χ0v) is 35.0. The van der Waals surface area contributed by atoms with Crippen molar-refractivity contribution in [3.8, 4) is 33.4 Å². The summed E-state index contributed by atoms with van der Waals surface area (Å²) in [6.07, 6.45) is 1.92. The van der Waals surface area contributed by atoms with E-state index in [4.69, 9.17) is 0 Å². The second kappa shape index (κ2) is 15.0. The average molecular weight is 778 g/mol. The Hall–Kier alpha value is -6.48. The standard InChI is InChI=1S/C55H41NS.C2H6/c1-55(2)49-22-12-10-20-45(49)46-31-30-42(35-50(46)55)56(41-28-26-38(27-29-41)44-19-9-8-18-43(44)37-15-4-3-5-16-37)51-33-32-48-47-21-11-13-23-52(47)57-54(48)53(51)40-25-24-36-14-6-7-17-39(36)34-40;1-2/h3-31,34-35H,32-33H2,1-2H3;1-2H3. The molecule has 0 spiro atoms. The summed E-state index contributed by atoms with van der Waals surface area (Å²) in [5, 5.41) is 3.92. The van der Waals surface area contributed by atoms with Crippen molar-refractivity contribution in [1.29, 1.82) is 0 Å². The maximum atomic E-state index is 2.59. The molecule has 1 aromatic heterocycles. The molecule has 0 bridgehead atoms. The van der Waals surface area contributed by atoms with Gasteiger partial charge in [0.25, 0.3) is 0 Å². The molecule has 2 aliphatic carbocycles. The number of allylic oxidation sites excluding steroid dienone is 1. The van der Waals surface area contributed by atoms with Gasteiger partial charge in [0.05, 0.1) is 0 Å². The highest BCUT2D eigenvalue weighted by Gasteiger charge is 2.36. The van der Waals surface area contributed by atoms with E-state index < -0.39 is 0 Å². The summed E-state index contributed by atoms with van der Waals surface area (Å²) in [4.78, 5) is 3.98. The maximum absolute atomic E-state index is 2.59. The average Bonchev–Trinajstić information content (AvgIpc) is 3.79. The molecule has 59 heavy (non-hydrogen) atoms. The lowest BCUT2D eigenvalue weighted by atomic mass is 9.82. The highest BCUT2D eigenvalue weighted by Crippen LogP contribution is 2.52. The number of benzene rings is 8. The molecule has 0 amide bonds. The van der Waals surface area contributed by atoms with Crippen molar-refractivity contribution < 1.29 is 0 Å². The fraction of sp³-hybridized carbons (Fsp3) is 0.123. The molecule has 1 heterocycles. The minimum absolute atomic E-state index is 0.112. The number of thiophene rings is 1. The number of rotatable bonds is 6. The van der Waals surface area contributed by atoms with Crippen molar-refractivity contribution in [3.05, 3.63) is 221 Å². The molecule has 0 saturated heterocycles. The molecule has 0 N–H and O–H groups in total. The number of aryl methyl sites for hydroxylation is 1. The van der Waals surface area contributed by atoms with Crippen LogP contribution in [0.5, 0.6) is 0 Å². The van der Waals surface area contributed by atoms with Crippen molar-refractivity contribution in [3.63, 3.8) is 0 Å². The van der Waals surface area contributed by atoms with E-state index in [0.29, 0.717) is 0 Å². The van der Waals surface area contributed by atoms with Crippen LogP contribution in [0, 0.1) is 0 Å². The lowest BCUT2D eigenvalue weighted by molar-refractivity contribution is 0.660. The fourth-order valence-electron chi connectivity index (χ4n) is 9.60. The third kappa shape index (κ3) is 6.22.